The predicted octanol–water partition coefficient (Wildman–Crippen LogP) is 3.27. The SMILES string of the molecule is Cc1cnc(Nc2cnn(C)c2)nc1-c1ccc(C(=O)CC2CC(O)C2)cc1. The number of carbonyl (C=O) groups excluding carboxylic acids is 1. The Labute approximate surface area is 163 Å². The Hall–Kier alpha value is -3.06. The number of anilines is 2. The number of carbonyl (C=O) groups is 1. The van der Waals surface area contributed by atoms with Gasteiger partial charge >= 0.3 is 0 Å². The smallest absolute Gasteiger partial charge is 0.227 e. The third-order valence-electron chi connectivity index (χ3n) is 5.10. The number of hydrogen-bond acceptors (Lipinski definition) is 6. The molecular formula is C21H23N5O2. The van der Waals surface area contributed by atoms with E-state index in [1.165, 1.54) is 0 Å². The molecule has 0 aliphatic heterocycles. The van der Waals surface area contributed by atoms with Gasteiger partial charge in [-0.25, -0.2) is 9.97 Å². The van der Waals surface area contributed by atoms with Crippen LogP contribution < -0.4 is 5.32 Å². The summed E-state index contributed by atoms with van der Waals surface area (Å²) in [6.45, 7) is 1.96. The van der Waals surface area contributed by atoms with Crippen molar-refractivity contribution in [3.8, 4) is 11.3 Å². The first kappa shape index (κ1) is 18.3. The minimum atomic E-state index is -0.226. The van der Waals surface area contributed by atoms with Crippen molar-refractivity contribution in [3.05, 3.63) is 54.0 Å². The van der Waals surface area contributed by atoms with E-state index in [0.29, 0.717) is 23.9 Å². The number of nitrogens with one attached hydrogen (secondary N) is 1. The number of Topliss-reactive ketones (excluding diaryl/α,β-unsaturated/α-hetero) is 1. The van der Waals surface area contributed by atoms with Gasteiger partial charge in [-0.05, 0) is 31.2 Å². The molecule has 1 fully saturated rings. The van der Waals surface area contributed by atoms with Gasteiger partial charge in [-0.3, -0.25) is 9.48 Å². The van der Waals surface area contributed by atoms with Crippen LogP contribution in [0.1, 0.15) is 35.2 Å². The molecule has 0 spiro atoms. The highest BCUT2D eigenvalue weighted by Gasteiger charge is 2.29. The summed E-state index contributed by atoms with van der Waals surface area (Å²) in [5, 5.41) is 16.6. The quantitative estimate of drug-likeness (QED) is 0.641. The Morgan fingerprint density at radius 1 is 1.25 bits per heavy atom. The molecule has 7 nitrogen and oxygen atoms in total. The van der Waals surface area contributed by atoms with Gasteiger partial charge < -0.3 is 10.4 Å². The first-order valence-electron chi connectivity index (χ1n) is 9.39. The Morgan fingerprint density at radius 3 is 2.64 bits per heavy atom. The number of rotatable bonds is 6. The zero-order valence-corrected chi connectivity index (χ0v) is 16.0. The average molecular weight is 377 g/mol. The third kappa shape index (κ3) is 3.94. The fourth-order valence-electron chi connectivity index (χ4n) is 3.47. The first-order chi connectivity index (χ1) is 13.5. The largest absolute Gasteiger partial charge is 0.393 e. The fraction of sp³-hybridized carbons (Fsp3) is 0.333. The van der Waals surface area contributed by atoms with E-state index < -0.39 is 0 Å². The van der Waals surface area contributed by atoms with Crippen molar-refractivity contribution in [1.82, 2.24) is 19.7 Å². The van der Waals surface area contributed by atoms with Crippen molar-refractivity contribution < 1.29 is 9.90 Å². The Kier molecular flexibility index (Phi) is 4.92. The summed E-state index contributed by atoms with van der Waals surface area (Å²) in [7, 11) is 1.85. The molecule has 28 heavy (non-hydrogen) atoms. The minimum Gasteiger partial charge on any atom is -0.393 e. The number of aromatic nitrogens is 4. The normalized spacial score (nSPS) is 18.5. The van der Waals surface area contributed by atoms with Crippen LogP contribution in [0.4, 0.5) is 11.6 Å². The summed E-state index contributed by atoms with van der Waals surface area (Å²) in [6.07, 6.45) is 7.09. The second-order valence-electron chi connectivity index (χ2n) is 7.45. The van der Waals surface area contributed by atoms with Gasteiger partial charge in [-0.2, -0.15) is 5.10 Å². The lowest BCUT2D eigenvalue weighted by Gasteiger charge is -2.30. The molecule has 4 rings (SSSR count). The van der Waals surface area contributed by atoms with E-state index in [4.69, 9.17) is 0 Å². The number of benzene rings is 1. The Morgan fingerprint density at radius 2 is 2.00 bits per heavy atom. The summed E-state index contributed by atoms with van der Waals surface area (Å²) in [5.41, 5.74) is 4.23. The zero-order chi connectivity index (χ0) is 19.7. The molecule has 0 amide bonds. The Bertz CT molecular complexity index is 990. The van der Waals surface area contributed by atoms with Crippen LogP contribution in [0.2, 0.25) is 0 Å². The van der Waals surface area contributed by atoms with Gasteiger partial charge in [0.25, 0.3) is 0 Å². The number of nitrogens with zero attached hydrogens (tertiary/aromatic N) is 4. The highest BCUT2D eigenvalue weighted by atomic mass is 16.3. The predicted molar refractivity (Wildman–Crippen MR) is 106 cm³/mol. The number of aryl methyl sites for hydroxylation is 2. The van der Waals surface area contributed by atoms with E-state index in [1.807, 2.05) is 44.4 Å². The highest BCUT2D eigenvalue weighted by molar-refractivity contribution is 5.96. The molecular weight excluding hydrogens is 354 g/mol. The molecule has 0 bridgehead atoms. The standard InChI is InChI=1S/C21H23N5O2/c1-13-10-22-21(24-17-11-23-26(2)12-17)25-20(13)16-5-3-15(4-6-16)19(28)9-14-7-18(27)8-14/h3-6,10-12,14,18,27H,7-9H2,1-2H3,(H,22,24,25). The number of hydrogen-bond donors (Lipinski definition) is 2. The molecule has 144 valence electrons. The second kappa shape index (κ2) is 7.52. The highest BCUT2D eigenvalue weighted by Crippen LogP contribution is 2.31. The van der Waals surface area contributed by atoms with Crippen molar-refractivity contribution in [2.75, 3.05) is 5.32 Å². The molecule has 1 aliphatic rings. The van der Waals surface area contributed by atoms with Gasteiger partial charge in [-0.15, -0.1) is 0 Å². The summed E-state index contributed by atoms with van der Waals surface area (Å²) in [4.78, 5) is 21.4. The van der Waals surface area contributed by atoms with Gasteiger partial charge in [0.05, 0.1) is 23.7 Å². The lowest BCUT2D eigenvalue weighted by molar-refractivity contribution is 0.0381. The van der Waals surface area contributed by atoms with E-state index in [2.05, 4.69) is 20.4 Å². The van der Waals surface area contributed by atoms with Crippen LogP contribution in [0.15, 0.2) is 42.9 Å². The van der Waals surface area contributed by atoms with Gasteiger partial charge in [0.1, 0.15) is 0 Å². The van der Waals surface area contributed by atoms with Crippen LogP contribution in [0, 0.1) is 12.8 Å². The van der Waals surface area contributed by atoms with Crippen LogP contribution in [0.3, 0.4) is 0 Å². The maximum atomic E-state index is 12.4. The zero-order valence-electron chi connectivity index (χ0n) is 16.0. The van der Waals surface area contributed by atoms with E-state index in [-0.39, 0.29) is 11.9 Å². The van der Waals surface area contributed by atoms with Crippen molar-refractivity contribution in [3.63, 3.8) is 0 Å². The second-order valence-corrected chi connectivity index (χ2v) is 7.45. The van der Waals surface area contributed by atoms with Crippen LogP contribution in [-0.2, 0) is 7.05 Å². The molecule has 0 atom stereocenters. The molecule has 0 radical (unpaired) electrons. The summed E-state index contributed by atoms with van der Waals surface area (Å²) in [5.74, 6) is 0.937. The molecule has 1 aromatic carbocycles. The number of aliphatic hydroxyl groups is 1. The maximum Gasteiger partial charge on any atom is 0.227 e. The molecule has 0 unspecified atom stereocenters. The van der Waals surface area contributed by atoms with Crippen molar-refractivity contribution >= 4 is 17.4 Å². The topological polar surface area (TPSA) is 92.9 Å². The van der Waals surface area contributed by atoms with Crippen molar-refractivity contribution in [2.24, 2.45) is 13.0 Å². The van der Waals surface area contributed by atoms with Gasteiger partial charge in [0.15, 0.2) is 5.78 Å². The summed E-state index contributed by atoms with van der Waals surface area (Å²) in [6, 6.07) is 7.54. The summed E-state index contributed by atoms with van der Waals surface area (Å²) < 4.78 is 1.71. The van der Waals surface area contributed by atoms with Crippen LogP contribution in [-0.4, -0.2) is 36.7 Å². The van der Waals surface area contributed by atoms with E-state index >= 15 is 0 Å². The van der Waals surface area contributed by atoms with Crippen LogP contribution in [0.5, 0.6) is 0 Å². The van der Waals surface area contributed by atoms with E-state index in [0.717, 1.165) is 35.3 Å². The number of ketones is 1. The Balaban J connectivity index is 1.50. The fourth-order valence-corrected chi connectivity index (χ4v) is 3.47. The molecule has 1 saturated carbocycles. The molecule has 2 N–H and O–H groups in total. The first-order valence-corrected chi connectivity index (χ1v) is 9.39. The van der Waals surface area contributed by atoms with Gasteiger partial charge in [0.2, 0.25) is 5.95 Å². The molecule has 2 aromatic heterocycles. The summed E-state index contributed by atoms with van der Waals surface area (Å²) >= 11 is 0. The number of aliphatic hydroxyl groups excluding tert-OH is 1. The molecule has 1 aliphatic carbocycles. The molecule has 2 heterocycles. The monoisotopic (exact) mass is 377 g/mol. The van der Waals surface area contributed by atoms with Crippen LogP contribution >= 0.6 is 0 Å². The van der Waals surface area contributed by atoms with Crippen molar-refractivity contribution in [2.45, 2.75) is 32.3 Å². The van der Waals surface area contributed by atoms with Gasteiger partial charge in [0, 0.05) is 37.0 Å². The minimum absolute atomic E-state index is 0.127. The van der Waals surface area contributed by atoms with Crippen LogP contribution in [0.25, 0.3) is 11.3 Å². The van der Waals surface area contributed by atoms with E-state index in [1.54, 1.807) is 17.1 Å². The lowest BCUT2D eigenvalue weighted by Crippen LogP contribution is -2.30. The molecule has 7 heteroatoms. The average Bonchev–Trinajstić information content (AvgIpc) is 3.07. The molecule has 0 saturated heterocycles. The van der Waals surface area contributed by atoms with Gasteiger partial charge in [-0.1, -0.05) is 24.3 Å². The maximum absolute atomic E-state index is 12.4. The van der Waals surface area contributed by atoms with Crippen molar-refractivity contribution in [1.29, 1.82) is 0 Å². The third-order valence-corrected chi connectivity index (χ3v) is 5.10. The lowest BCUT2D eigenvalue weighted by atomic mass is 9.78. The van der Waals surface area contributed by atoms with E-state index in [9.17, 15) is 9.90 Å². The molecule has 3 aromatic rings.